The molecule has 0 saturated heterocycles. The second-order valence-corrected chi connectivity index (χ2v) is 5.46. The van der Waals surface area contributed by atoms with Crippen LogP contribution in [-0.2, 0) is 12.0 Å². The molecule has 0 aromatic carbocycles. The molecule has 98 valence electrons. The van der Waals surface area contributed by atoms with Gasteiger partial charge in [0.25, 0.3) is 0 Å². The van der Waals surface area contributed by atoms with Crippen molar-refractivity contribution in [2.24, 2.45) is 0 Å². The minimum atomic E-state index is 0.0699. The lowest BCUT2D eigenvalue weighted by molar-refractivity contribution is 0.269. The summed E-state index contributed by atoms with van der Waals surface area (Å²) in [7, 11) is 0. The number of rotatable bonds is 3. The third-order valence-corrected chi connectivity index (χ3v) is 2.94. The van der Waals surface area contributed by atoms with Crippen molar-refractivity contribution in [2.75, 3.05) is 12.3 Å². The van der Waals surface area contributed by atoms with Gasteiger partial charge in [-0.15, -0.1) is 0 Å². The second-order valence-electron chi connectivity index (χ2n) is 5.46. The maximum absolute atomic E-state index is 8.87. The third kappa shape index (κ3) is 2.41. The van der Waals surface area contributed by atoms with Crippen molar-refractivity contribution in [1.82, 2.24) is 14.3 Å². The first-order valence-electron chi connectivity index (χ1n) is 6.04. The van der Waals surface area contributed by atoms with Crippen molar-refractivity contribution in [1.29, 1.82) is 0 Å². The Morgan fingerprint density at radius 3 is 2.61 bits per heavy atom. The molecule has 0 atom stereocenters. The Hall–Kier alpha value is -1.75. The maximum Gasteiger partial charge on any atom is 0.108 e. The number of hydrogen-bond acceptors (Lipinski definition) is 3. The van der Waals surface area contributed by atoms with Gasteiger partial charge in [0, 0.05) is 12.4 Å². The molecule has 5 heteroatoms. The van der Waals surface area contributed by atoms with Crippen LogP contribution in [0.15, 0.2) is 24.7 Å². The summed E-state index contributed by atoms with van der Waals surface area (Å²) in [6.45, 7) is 7.03. The Morgan fingerprint density at radius 1 is 1.33 bits per heavy atom. The van der Waals surface area contributed by atoms with Crippen molar-refractivity contribution >= 4 is 5.82 Å². The van der Waals surface area contributed by atoms with Gasteiger partial charge in [0.2, 0.25) is 0 Å². The van der Waals surface area contributed by atoms with E-state index < -0.39 is 0 Å². The van der Waals surface area contributed by atoms with Crippen LogP contribution < -0.4 is 5.73 Å². The van der Waals surface area contributed by atoms with E-state index in [1.54, 1.807) is 10.9 Å². The average Bonchev–Trinajstić information content (AvgIpc) is 2.84. The summed E-state index contributed by atoms with van der Waals surface area (Å²) in [5, 5.41) is 13.0. The Morgan fingerprint density at radius 2 is 2.06 bits per heavy atom. The summed E-state index contributed by atoms with van der Waals surface area (Å²) in [5.41, 5.74) is 8.20. The zero-order valence-corrected chi connectivity index (χ0v) is 11.1. The van der Waals surface area contributed by atoms with Crippen LogP contribution in [0.5, 0.6) is 0 Å². The SMILES string of the molecule is CC(C)(C)c1cc(N)n(-c2cnn(CCO)c2)c1. The monoisotopic (exact) mass is 248 g/mol. The third-order valence-electron chi connectivity index (χ3n) is 2.94. The number of aliphatic hydroxyl groups excluding tert-OH is 1. The lowest BCUT2D eigenvalue weighted by Gasteiger charge is -2.15. The molecule has 5 nitrogen and oxygen atoms in total. The largest absolute Gasteiger partial charge is 0.394 e. The Kier molecular flexibility index (Phi) is 3.17. The number of anilines is 1. The summed E-state index contributed by atoms with van der Waals surface area (Å²) in [6, 6.07) is 1.99. The van der Waals surface area contributed by atoms with E-state index in [2.05, 4.69) is 25.9 Å². The van der Waals surface area contributed by atoms with Gasteiger partial charge < -0.3 is 15.4 Å². The molecule has 0 fully saturated rings. The summed E-state index contributed by atoms with van der Waals surface area (Å²) in [6.07, 6.45) is 5.66. The van der Waals surface area contributed by atoms with Gasteiger partial charge in [-0.1, -0.05) is 20.8 Å². The minimum absolute atomic E-state index is 0.0699. The van der Waals surface area contributed by atoms with E-state index in [-0.39, 0.29) is 12.0 Å². The zero-order valence-electron chi connectivity index (χ0n) is 11.1. The molecule has 0 radical (unpaired) electrons. The highest BCUT2D eigenvalue weighted by Crippen LogP contribution is 2.27. The molecule has 18 heavy (non-hydrogen) atoms. The van der Waals surface area contributed by atoms with Crippen LogP contribution in [0, 0.1) is 0 Å². The van der Waals surface area contributed by atoms with E-state index in [0.717, 1.165) is 5.69 Å². The fraction of sp³-hybridized carbons (Fsp3) is 0.462. The molecule has 3 N–H and O–H groups in total. The predicted molar refractivity (Wildman–Crippen MR) is 71.8 cm³/mol. The summed E-state index contributed by atoms with van der Waals surface area (Å²) in [4.78, 5) is 0. The normalized spacial score (nSPS) is 12.0. The predicted octanol–water partition coefficient (Wildman–Crippen LogP) is 1.55. The Labute approximate surface area is 107 Å². The molecule has 0 aliphatic heterocycles. The van der Waals surface area contributed by atoms with Gasteiger partial charge >= 0.3 is 0 Å². The van der Waals surface area contributed by atoms with Crippen LogP contribution in [0.25, 0.3) is 5.69 Å². The van der Waals surface area contributed by atoms with Crippen molar-refractivity contribution in [2.45, 2.75) is 32.7 Å². The summed E-state index contributed by atoms with van der Waals surface area (Å²) in [5.74, 6) is 0.698. The van der Waals surface area contributed by atoms with Crippen LogP contribution in [0.4, 0.5) is 5.82 Å². The van der Waals surface area contributed by atoms with Gasteiger partial charge in [-0.2, -0.15) is 5.10 Å². The molecule has 2 aromatic heterocycles. The maximum atomic E-state index is 8.87. The van der Waals surface area contributed by atoms with Crippen LogP contribution in [-0.4, -0.2) is 26.1 Å². The molecule has 0 unspecified atom stereocenters. The van der Waals surface area contributed by atoms with Crippen LogP contribution in [0.3, 0.4) is 0 Å². The number of aromatic nitrogens is 3. The number of hydrogen-bond donors (Lipinski definition) is 2. The van der Waals surface area contributed by atoms with E-state index in [9.17, 15) is 0 Å². The Bertz CT molecular complexity index is 533. The standard InChI is InChI=1S/C13H20N4O/c1-13(2,3)10-6-12(14)17(8-10)11-7-15-16(9-11)4-5-18/h6-9,18H,4-5,14H2,1-3H3. The number of nitrogen functional groups attached to an aromatic ring is 1. The fourth-order valence-corrected chi connectivity index (χ4v) is 1.82. The van der Waals surface area contributed by atoms with Gasteiger partial charge in [0.15, 0.2) is 0 Å². The van der Waals surface area contributed by atoms with Crippen molar-refractivity contribution in [3.8, 4) is 5.69 Å². The molecule has 0 saturated carbocycles. The average molecular weight is 248 g/mol. The molecule has 2 heterocycles. The van der Waals surface area contributed by atoms with Crippen molar-refractivity contribution < 1.29 is 5.11 Å². The Balaban J connectivity index is 2.35. The second kappa shape index (κ2) is 4.49. The summed E-state index contributed by atoms with van der Waals surface area (Å²) < 4.78 is 3.62. The van der Waals surface area contributed by atoms with Gasteiger partial charge in [-0.3, -0.25) is 4.68 Å². The molecule has 0 bridgehead atoms. The highest BCUT2D eigenvalue weighted by Gasteiger charge is 2.17. The fourth-order valence-electron chi connectivity index (χ4n) is 1.82. The molecular formula is C13H20N4O. The first-order chi connectivity index (χ1) is 8.41. The van der Waals surface area contributed by atoms with E-state index in [0.29, 0.717) is 12.4 Å². The van der Waals surface area contributed by atoms with Gasteiger partial charge in [-0.05, 0) is 17.0 Å². The van der Waals surface area contributed by atoms with Gasteiger partial charge in [-0.25, -0.2) is 0 Å². The van der Waals surface area contributed by atoms with E-state index in [4.69, 9.17) is 10.8 Å². The molecule has 0 aliphatic rings. The quantitative estimate of drug-likeness (QED) is 0.865. The summed E-state index contributed by atoms with van der Waals surface area (Å²) >= 11 is 0. The molecular weight excluding hydrogens is 228 g/mol. The van der Waals surface area contributed by atoms with Gasteiger partial charge in [0.05, 0.1) is 25.0 Å². The highest BCUT2D eigenvalue weighted by atomic mass is 16.3. The minimum Gasteiger partial charge on any atom is -0.394 e. The van der Waals surface area contributed by atoms with Gasteiger partial charge in [0.1, 0.15) is 5.82 Å². The highest BCUT2D eigenvalue weighted by molar-refractivity contribution is 5.46. The van der Waals surface area contributed by atoms with E-state index >= 15 is 0 Å². The topological polar surface area (TPSA) is 69.0 Å². The number of aliphatic hydroxyl groups is 1. The molecule has 0 spiro atoms. The lowest BCUT2D eigenvalue weighted by Crippen LogP contribution is -2.09. The lowest BCUT2D eigenvalue weighted by atomic mass is 9.89. The van der Waals surface area contributed by atoms with Crippen molar-refractivity contribution in [3.05, 3.63) is 30.2 Å². The number of nitrogens with two attached hydrogens (primary N) is 1. The smallest absolute Gasteiger partial charge is 0.108 e. The first-order valence-corrected chi connectivity index (χ1v) is 6.04. The number of nitrogens with zero attached hydrogens (tertiary/aromatic N) is 3. The molecule has 0 aliphatic carbocycles. The molecule has 0 amide bonds. The van der Waals surface area contributed by atoms with Crippen molar-refractivity contribution in [3.63, 3.8) is 0 Å². The van der Waals surface area contributed by atoms with Crippen LogP contribution in [0.2, 0.25) is 0 Å². The molecule has 2 aromatic rings. The first kappa shape index (κ1) is 12.7. The molecule has 2 rings (SSSR count). The van der Waals surface area contributed by atoms with Crippen LogP contribution >= 0.6 is 0 Å². The van der Waals surface area contributed by atoms with E-state index in [1.165, 1.54) is 5.56 Å². The zero-order chi connectivity index (χ0) is 13.3. The van der Waals surface area contributed by atoms with Crippen LogP contribution in [0.1, 0.15) is 26.3 Å². The van der Waals surface area contributed by atoms with E-state index in [1.807, 2.05) is 23.0 Å².